The minimum absolute atomic E-state index is 0. The van der Waals surface area contributed by atoms with Gasteiger partial charge in [-0.3, -0.25) is 0 Å². The molecule has 0 spiro atoms. The minimum Gasteiger partial charge on any atom is -0.549 e. The van der Waals surface area contributed by atoms with Crippen molar-refractivity contribution in [2.24, 2.45) is 17.8 Å². The van der Waals surface area contributed by atoms with Crippen LogP contribution in [0.3, 0.4) is 0 Å². The molecule has 0 rings (SSSR count). The molecule has 0 aliphatic heterocycles. The Morgan fingerprint density at radius 1 is 0.870 bits per heavy atom. The molecule has 0 bridgehead atoms. The molecule has 0 aliphatic carbocycles. The van der Waals surface area contributed by atoms with Crippen molar-refractivity contribution >= 4 is 11.9 Å². The van der Waals surface area contributed by atoms with Gasteiger partial charge in [-0.1, -0.05) is 72.1 Å². The molecule has 0 fully saturated rings. The Labute approximate surface area is 196 Å². The third-order valence-electron chi connectivity index (χ3n) is 4.23. The van der Waals surface area contributed by atoms with Crippen LogP contribution in [0.2, 0.25) is 0 Å². The van der Waals surface area contributed by atoms with Crippen LogP contribution < -0.4 is 80.5 Å². The topological polar surface area (TPSA) is 80.3 Å². The van der Waals surface area contributed by atoms with Gasteiger partial charge in [0.25, 0.3) is 0 Å². The average molecular weight is 344 g/mol. The normalized spacial score (nSPS) is 11.7. The van der Waals surface area contributed by atoms with Gasteiger partial charge in [-0.15, -0.1) is 0 Å². The molecule has 0 radical (unpaired) electrons. The van der Waals surface area contributed by atoms with E-state index < -0.39 is 17.9 Å². The third kappa shape index (κ3) is 15.2. The van der Waals surface area contributed by atoms with Gasteiger partial charge in [-0.05, 0) is 18.3 Å². The summed E-state index contributed by atoms with van der Waals surface area (Å²) in [4.78, 5) is 21.7. The van der Waals surface area contributed by atoms with Crippen molar-refractivity contribution in [2.75, 3.05) is 0 Å². The van der Waals surface area contributed by atoms with E-state index in [-0.39, 0.29) is 88.5 Å². The number of aliphatic carboxylic acids is 2. The average Bonchev–Trinajstić information content (AvgIpc) is 2.39. The van der Waals surface area contributed by atoms with E-state index in [0.29, 0.717) is 0 Å². The van der Waals surface area contributed by atoms with E-state index in [9.17, 15) is 19.8 Å². The molecule has 1 unspecified atom stereocenters. The molecule has 0 aromatic carbocycles. The fourth-order valence-corrected chi connectivity index (χ4v) is 2.68. The summed E-state index contributed by atoms with van der Waals surface area (Å²) in [6, 6.07) is 0. The maximum Gasteiger partial charge on any atom is 1.00 e. The zero-order valence-electron chi connectivity index (χ0n) is 15.7. The van der Waals surface area contributed by atoms with Crippen molar-refractivity contribution in [1.82, 2.24) is 0 Å². The second-order valence-corrected chi connectivity index (χ2v) is 6.34. The van der Waals surface area contributed by atoms with Gasteiger partial charge in [0.2, 0.25) is 0 Å². The van der Waals surface area contributed by atoms with Crippen molar-refractivity contribution in [3.8, 4) is 0 Å². The van der Waals surface area contributed by atoms with Gasteiger partial charge in [0.15, 0.2) is 0 Å². The summed E-state index contributed by atoms with van der Waals surface area (Å²) in [5.74, 6) is -4.17. The second kappa shape index (κ2) is 18.0. The number of hydrogen-bond acceptors (Lipinski definition) is 4. The summed E-state index contributed by atoms with van der Waals surface area (Å²) in [5, 5.41) is 21.7. The molecular weight excluding hydrogens is 314 g/mol. The number of rotatable bonds is 13. The molecule has 23 heavy (non-hydrogen) atoms. The van der Waals surface area contributed by atoms with Crippen LogP contribution in [0, 0.1) is 17.8 Å². The maximum absolute atomic E-state index is 10.8. The van der Waals surface area contributed by atoms with Crippen LogP contribution in [0.1, 0.15) is 78.6 Å². The Hall–Kier alpha value is 1.17. The number of carbonyl (C=O) groups is 2. The molecule has 124 valence electrons. The van der Waals surface area contributed by atoms with Gasteiger partial charge in [-0.2, -0.15) is 0 Å². The number of hydrogen-bond donors (Lipinski definition) is 0. The van der Waals surface area contributed by atoms with E-state index in [4.69, 9.17) is 0 Å². The van der Waals surface area contributed by atoms with Gasteiger partial charge in [0.05, 0.1) is 11.9 Å². The first-order valence-electron chi connectivity index (χ1n) is 8.31. The Morgan fingerprint density at radius 3 is 1.70 bits per heavy atom. The standard InChI is InChI=1S/C17H32O4.K.Li/c1-4-5-6-7-8-9-10-11-14(13(2)3)12-15(16(18)19)17(20)21;;/h13-15H,4-12H2,1-3H3,(H,18,19)(H,20,21);;/q;2*+1/p-2. The van der Waals surface area contributed by atoms with Crippen LogP contribution in [0.25, 0.3) is 0 Å². The molecule has 0 aliphatic rings. The maximum atomic E-state index is 10.8. The Kier molecular flexibility index (Phi) is 22.6. The molecule has 0 N–H and O–H groups in total. The quantitative estimate of drug-likeness (QED) is 0.193. The van der Waals surface area contributed by atoms with Crippen LogP contribution in [-0.4, -0.2) is 11.9 Å². The van der Waals surface area contributed by atoms with Gasteiger partial charge in [-0.25, -0.2) is 0 Å². The van der Waals surface area contributed by atoms with Crippen molar-refractivity contribution in [3.05, 3.63) is 0 Å². The molecule has 0 heterocycles. The van der Waals surface area contributed by atoms with Crippen molar-refractivity contribution < 1.29 is 90.0 Å². The first kappa shape index (κ1) is 29.0. The van der Waals surface area contributed by atoms with Crippen LogP contribution in [0.4, 0.5) is 0 Å². The van der Waals surface area contributed by atoms with Gasteiger partial charge in [0.1, 0.15) is 0 Å². The Morgan fingerprint density at radius 2 is 1.30 bits per heavy atom. The summed E-state index contributed by atoms with van der Waals surface area (Å²) >= 11 is 0. The molecule has 0 amide bonds. The molecular formula is C17H30KLiO4. The molecule has 4 nitrogen and oxygen atoms in total. The van der Waals surface area contributed by atoms with E-state index >= 15 is 0 Å². The summed E-state index contributed by atoms with van der Waals surface area (Å²) in [6.45, 7) is 6.21. The summed E-state index contributed by atoms with van der Waals surface area (Å²) in [7, 11) is 0. The van der Waals surface area contributed by atoms with Crippen LogP contribution in [0.5, 0.6) is 0 Å². The fourth-order valence-electron chi connectivity index (χ4n) is 2.68. The number of carbonyl (C=O) groups excluding carboxylic acids is 2. The summed E-state index contributed by atoms with van der Waals surface area (Å²) in [6.07, 6.45) is 9.42. The van der Waals surface area contributed by atoms with E-state index in [1.54, 1.807) is 0 Å². The SMILES string of the molecule is CCCCCCCCCC(CC(C(=O)[O-])C(=O)[O-])C(C)C.[K+].[Li+]. The van der Waals surface area contributed by atoms with Crippen LogP contribution >= 0.6 is 0 Å². The molecule has 6 heteroatoms. The number of carboxylic acid groups (broad SMARTS) is 2. The zero-order valence-corrected chi connectivity index (χ0v) is 18.9. The fraction of sp³-hybridized carbons (Fsp3) is 0.882. The molecule has 0 aromatic rings. The van der Waals surface area contributed by atoms with Gasteiger partial charge < -0.3 is 19.8 Å². The first-order valence-corrected chi connectivity index (χ1v) is 8.31. The van der Waals surface area contributed by atoms with Crippen LogP contribution in [-0.2, 0) is 9.59 Å². The largest absolute Gasteiger partial charge is 1.00 e. The number of carboxylic acids is 2. The third-order valence-corrected chi connectivity index (χ3v) is 4.23. The van der Waals surface area contributed by atoms with E-state index in [1.807, 2.05) is 13.8 Å². The predicted octanol–water partition coefficient (Wildman–Crippen LogP) is -4.09. The van der Waals surface area contributed by atoms with Gasteiger partial charge >= 0.3 is 70.2 Å². The molecule has 0 aromatic heterocycles. The smallest absolute Gasteiger partial charge is 0.549 e. The van der Waals surface area contributed by atoms with Crippen molar-refractivity contribution in [3.63, 3.8) is 0 Å². The zero-order chi connectivity index (χ0) is 16.3. The molecule has 0 saturated carbocycles. The van der Waals surface area contributed by atoms with Crippen molar-refractivity contribution in [1.29, 1.82) is 0 Å². The van der Waals surface area contributed by atoms with Crippen LogP contribution in [0.15, 0.2) is 0 Å². The summed E-state index contributed by atoms with van der Waals surface area (Å²) < 4.78 is 0. The van der Waals surface area contributed by atoms with E-state index in [1.165, 1.54) is 32.1 Å². The first-order chi connectivity index (χ1) is 9.90. The second-order valence-electron chi connectivity index (χ2n) is 6.34. The van der Waals surface area contributed by atoms with Gasteiger partial charge in [0, 0.05) is 5.92 Å². The Balaban J connectivity index is -0.00000200. The number of unbranched alkanes of at least 4 members (excludes halogenated alkanes) is 6. The molecule has 0 saturated heterocycles. The molecule has 1 atom stereocenters. The monoisotopic (exact) mass is 344 g/mol. The van der Waals surface area contributed by atoms with E-state index in [0.717, 1.165) is 19.3 Å². The summed E-state index contributed by atoms with van der Waals surface area (Å²) in [5.41, 5.74) is 0. The van der Waals surface area contributed by atoms with Crippen molar-refractivity contribution in [2.45, 2.75) is 78.6 Å². The van der Waals surface area contributed by atoms with E-state index in [2.05, 4.69) is 6.92 Å². The predicted molar refractivity (Wildman–Crippen MR) is 79.1 cm³/mol. The Bertz CT molecular complexity index is 297. The minimum atomic E-state index is -1.53.